The van der Waals surface area contributed by atoms with Crippen molar-refractivity contribution in [2.75, 3.05) is 6.54 Å². The molecule has 3 aromatic rings. The molecular formula is C20H23N3O2. The number of aromatic amines is 1. The summed E-state index contributed by atoms with van der Waals surface area (Å²) in [5.41, 5.74) is 4.03. The minimum absolute atomic E-state index is 0.0523. The van der Waals surface area contributed by atoms with Crippen molar-refractivity contribution in [3.63, 3.8) is 0 Å². The Morgan fingerprint density at radius 3 is 2.44 bits per heavy atom. The van der Waals surface area contributed by atoms with Crippen LogP contribution in [0.4, 0.5) is 4.79 Å². The van der Waals surface area contributed by atoms with Crippen molar-refractivity contribution in [3.05, 3.63) is 54.1 Å². The van der Waals surface area contributed by atoms with E-state index in [2.05, 4.69) is 48.2 Å². The standard InChI is InChI=1S/C20H23N3O2/c1-20(2,3)15(12-21-19(24)25)13-8-10-14(11-9-13)18-22-16-6-4-5-7-17(16)23-18/h4-11,15,21H,12H2,1-3H3,(H,22,23)(H,24,25). The molecule has 1 aromatic heterocycles. The third kappa shape index (κ3) is 3.82. The molecule has 0 spiro atoms. The molecular weight excluding hydrogens is 314 g/mol. The van der Waals surface area contributed by atoms with Gasteiger partial charge in [-0.3, -0.25) is 0 Å². The van der Waals surface area contributed by atoms with E-state index in [-0.39, 0.29) is 11.3 Å². The maximum Gasteiger partial charge on any atom is 0.404 e. The molecule has 25 heavy (non-hydrogen) atoms. The molecule has 1 unspecified atom stereocenters. The fourth-order valence-electron chi connectivity index (χ4n) is 3.08. The summed E-state index contributed by atoms with van der Waals surface area (Å²) in [6.07, 6.45) is -0.992. The van der Waals surface area contributed by atoms with Gasteiger partial charge in [-0.25, -0.2) is 9.78 Å². The van der Waals surface area contributed by atoms with E-state index in [0.29, 0.717) is 6.54 Å². The van der Waals surface area contributed by atoms with Gasteiger partial charge in [0.05, 0.1) is 11.0 Å². The molecule has 1 atom stereocenters. The van der Waals surface area contributed by atoms with E-state index in [1.54, 1.807) is 0 Å². The Labute approximate surface area is 147 Å². The number of carboxylic acid groups (broad SMARTS) is 1. The summed E-state index contributed by atoms with van der Waals surface area (Å²) in [4.78, 5) is 18.8. The number of amides is 1. The Balaban J connectivity index is 1.88. The Hall–Kier alpha value is -2.82. The van der Waals surface area contributed by atoms with Gasteiger partial charge in [-0.05, 0) is 23.1 Å². The van der Waals surface area contributed by atoms with Gasteiger partial charge in [-0.15, -0.1) is 0 Å². The maximum atomic E-state index is 10.9. The van der Waals surface area contributed by atoms with Crippen LogP contribution in [0, 0.1) is 5.41 Å². The van der Waals surface area contributed by atoms with E-state index in [0.717, 1.165) is 28.0 Å². The lowest BCUT2D eigenvalue weighted by atomic mass is 9.76. The Kier molecular flexibility index (Phi) is 4.49. The van der Waals surface area contributed by atoms with Crippen LogP contribution in [0.15, 0.2) is 48.5 Å². The molecule has 0 aliphatic heterocycles. The summed E-state index contributed by atoms with van der Waals surface area (Å²) in [6.45, 7) is 6.75. The van der Waals surface area contributed by atoms with Crippen molar-refractivity contribution in [3.8, 4) is 11.4 Å². The van der Waals surface area contributed by atoms with Gasteiger partial charge in [-0.1, -0.05) is 57.2 Å². The van der Waals surface area contributed by atoms with E-state index < -0.39 is 6.09 Å². The fourth-order valence-corrected chi connectivity index (χ4v) is 3.08. The first-order valence-corrected chi connectivity index (χ1v) is 8.36. The first-order valence-electron chi connectivity index (χ1n) is 8.36. The monoisotopic (exact) mass is 337 g/mol. The molecule has 0 radical (unpaired) electrons. The third-order valence-corrected chi connectivity index (χ3v) is 4.48. The number of hydrogen-bond donors (Lipinski definition) is 3. The largest absolute Gasteiger partial charge is 0.465 e. The van der Waals surface area contributed by atoms with Crippen molar-refractivity contribution in [2.24, 2.45) is 5.41 Å². The molecule has 3 rings (SSSR count). The summed E-state index contributed by atoms with van der Waals surface area (Å²) in [7, 11) is 0. The van der Waals surface area contributed by atoms with Crippen LogP contribution in [0.1, 0.15) is 32.3 Å². The molecule has 0 saturated heterocycles. The molecule has 130 valence electrons. The van der Waals surface area contributed by atoms with E-state index in [4.69, 9.17) is 5.11 Å². The summed E-state index contributed by atoms with van der Waals surface area (Å²) in [6, 6.07) is 16.1. The smallest absolute Gasteiger partial charge is 0.404 e. The van der Waals surface area contributed by atoms with Crippen molar-refractivity contribution < 1.29 is 9.90 Å². The van der Waals surface area contributed by atoms with Gasteiger partial charge in [0.1, 0.15) is 5.82 Å². The summed E-state index contributed by atoms with van der Waals surface area (Å²) in [5, 5.41) is 11.4. The maximum absolute atomic E-state index is 10.9. The predicted molar refractivity (Wildman–Crippen MR) is 99.8 cm³/mol. The lowest BCUT2D eigenvalue weighted by Gasteiger charge is -2.31. The highest BCUT2D eigenvalue weighted by molar-refractivity contribution is 5.79. The second kappa shape index (κ2) is 6.59. The van der Waals surface area contributed by atoms with E-state index in [9.17, 15) is 4.79 Å². The topological polar surface area (TPSA) is 78.0 Å². The van der Waals surface area contributed by atoms with Crippen LogP contribution >= 0.6 is 0 Å². The zero-order chi connectivity index (χ0) is 18.0. The number of fused-ring (bicyclic) bond motifs is 1. The number of aromatic nitrogens is 2. The fraction of sp³-hybridized carbons (Fsp3) is 0.300. The number of nitrogens with zero attached hydrogens (tertiary/aromatic N) is 1. The molecule has 1 heterocycles. The Morgan fingerprint density at radius 2 is 1.84 bits per heavy atom. The van der Waals surface area contributed by atoms with Gasteiger partial charge in [0.25, 0.3) is 0 Å². The zero-order valence-corrected chi connectivity index (χ0v) is 14.7. The minimum atomic E-state index is -0.992. The van der Waals surface area contributed by atoms with Gasteiger partial charge in [0.2, 0.25) is 0 Å². The number of H-pyrrole nitrogens is 1. The zero-order valence-electron chi connectivity index (χ0n) is 14.7. The van der Waals surface area contributed by atoms with Crippen LogP contribution in [0.2, 0.25) is 0 Å². The lowest BCUT2D eigenvalue weighted by molar-refractivity contribution is 0.190. The summed E-state index contributed by atoms with van der Waals surface area (Å²) in [5.74, 6) is 0.928. The number of carbonyl (C=O) groups is 1. The van der Waals surface area contributed by atoms with Gasteiger partial charge in [0.15, 0.2) is 0 Å². The number of nitrogens with one attached hydrogen (secondary N) is 2. The molecule has 0 aliphatic carbocycles. The summed E-state index contributed by atoms with van der Waals surface area (Å²) < 4.78 is 0. The molecule has 5 nitrogen and oxygen atoms in total. The van der Waals surface area contributed by atoms with E-state index in [1.807, 2.05) is 36.4 Å². The van der Waals surface area contributed by atoms with Crippen LogP contribution < -0.4 is 5.32 Å². The van der Waals surface area contributed by atoms with Crippen molar-refractivity contribution in [1.29, 1.82) is 0 Å². The van der Waals surface area contributed by atoms with E-state index in [1.165, 1.54) is 0 Å². The molecule has 2 aromatic carbocycles. The first kappa shape index (κ1) is 17.0. The Morgan fingerprint density at radius 1 is 1.16 bits per heavy atom. The second-order valence-electron chi connectivity index (χ2n) is 7.33. The highest BCUT2D eigenvalue weighted by Gasteiger charge is 2.26. The second-order valence-corrected chi connectivity index (χ2v) is 7.33. The van der Waals surface area contributed by atoms with Gasteiger partial charge < -0.3 is 15.4 Å². The van der Waals surface area contributed by atoms with E-state index >= 15 is 0 Å². The molecule has 0 bridgehead atoms. The molecule has 0 fully saturated rings. The number of hydrogen-bond acceptors (Lipinski definition) is 2. The van der Waals surface area contributed by atoms with Crippen molar-refractivity contribution in [1.82, 2.24) is 15.3 Å². The van der Waals surface area contributed by atoms with Crippen LogP contribution in [-0.2, 0) is 0 Å². The highest BCUT2D eigenvalue weighted by Crippen LogP contribution is 2.35. The number of rotatable bonds is 4. The Bertz CT molecular complexity index is 843. The van der Waals surface area contributed by atoms with Gasteiger partial charge in [-0.2, -0.15) is 0 Å². The SMILES string of the molecule is CC(C)(C)C(CNC(=O)O)c1ccc(-c2nc3ccccc3[nH]2)cc1. The predicted octanol–water partition coefficient (Wildman–Crippen LogP) is 4.63. The lowest BCUT2D eigenvalue weighted by Crippen LogP contribution is -2.32. The number of imidazole rings is 1. The first-order chi connectivity index (χ1) is 11.8. The van der Waals surface area contributed by atoms with Crippen LogP contribution in [-0.4, -0.2) is 27.7 Å². The molecule has 1 amide bonds. The van der Waals surface area contributed by atoms with Crippen LogP contribution in [0.3, 0.4) is 0 Å². The molecule has 0 saturated carbocycles. The molecule has 5 heteroatoms. The third-order valence-electron chi connectivity index (χ3n) is 4.48. The molecule has 3 N–H and O–H groups in total. The van der Waals surface area contributed by atoms with Crippen LogP contribution in [0.5, 0.6) is 0 Å². The van der Waals surface area contributed by atoms with Crippen molar-refractivity contribution in [2.45, 2.75) is 26.7 Å². The highest BCUT2D eigenvalue weighted by atomic mass is 16.4. The number of para-hydroxylation sites is 2. The molecule has 0 aliphatic rings. The van der Waals surface area contributed by atoms with Gasteiger partial charge >= 0.3 is 6.09 Å². The minimum Gasteiger partial charge on any atom is -0.465 e. The average Bonchev–Trinajstić information content (AvgIpc) is 2.98. The average molecular weight is 337 g/mol. The van der Waals surface area contributed by atoms with Crippen molar-refractivity contribution >= 4 is 17.1 Å². The van der Waals surface area contributed by atoms with Gasteiger partial charge in [0, 0.05) is 18.0 Å². The summed E-state index contributed by atoms with van der Waals surface area (Å²) >= 11 is 0. The number of benzene rings is 2. The quantitative estimate of drug-likeness (QED) is 0.649. The normalized spacial score (nSPS) is 12.9. The van der Waals surface area contributed by atoms with Crippen LogP contribution in [0.25, 0.3) is 22.4 Å².